The molecule has 0 radical (unpaired) electrons. The predicted octanol–water partition coefficient (Wildman–Crippen LogP) is 2.02. The van der Waals surface area contributed by atoms with Crippen LogP contribution in [0.15, 0.2) is 18.2 Å². The minimum Gasteiger partial charge on any atom is -0.335 e. The summed E-state index contributed by atoms with van der Waals surface area (Å²) < 4.78 is 13.0. The second-order valence-electron chi connectivity index (χ2n) is 3.83. The molecule has 2 rings (SSSR count). The van der Waals surface area contributed by atoms with Crippen molar-refractivity contribution in [3.05, 3.63) is 34.1 Å². The number of carbonyl (C=O) groups is 1. The highest BCUT2D eigenvalue weighted by molar-refractivity contribution is 5.90. The van der Waals surface area contributed by atoms with Crippen LogP contribution in [0.5, 0.6) is 0 Å². The van der Waals surface area contributed by atoms with Crippen LogP contribution in [0.2, 0.25) is 0 Å². The van der Waals surface area contributed by atoms with Crippen molar-refractivity contribution in [3.63, 3.8) is 0 Å². The second kappa shape index (κ2) is 4.36. The first kappa shape index (κ1) is 11.3. The van der Waals surface area contributed by atoms with E-state index in [0.29, 0.717) is 0 Å². The Morgan fingerprint density at radius 2 is 2.12 bits per heavy atom. The largest absolute Gasteiger partial charge is 0.335 e. The molecule has 90 valence electrons. The van der Waals surface area contributed by atoms with Gasteiger partial charge in [0.2, 0.25) is 0 Å². The van der Waals surface area contributed by atoms with Crippen LogP contribution >= 0.6 is 0 Å². The van der Waals surface area contributed by atoms with Crippen LogP contribution in [0.4, 0.5) is 20.6 Å². The first-order valence-corrected chi connectivity index (χ1v) is 5.07. The number of rotatable bonds is 3. The van der Waals surface area contributed by atoms with Crippen molar-refractivity contribution >= 4 is 17.4 Å². The predicted molar refractivity (Wildman–Crippen MR) is 58.2 cm³/mol. The Bertz CT molecular complexity index is 474. The molecule has 2 amide bonds. The molecule has 0 atom stereocenters. The van der Waals surface area contributed by atoms with Gasteiger partial charge in [0.1, 0.15) is 5.82 Å². The van der Waals surface area contributed by atoms with Crippen molar-refractivity contribution in [1.29, 1.82) is 0 Å². The smallest absolute Gasteiger partial charge is 0.319 e. The number of hydrogen-bond acceptors (Lipinski definition) is 3. The fourth-order valence-corrected chi connectivity index (χ4v) is 1.33. The van der Waals surface area contributed by atoms with Crippen molar-refractivity contribution in [1.82, 2.24) is 5.32 Å². The van der Waals surface area contributed by atoms with E-state index < -0.39 is 22.5 Å². The van der Waals surface area contributed by atoms with Gasteiger partial charge >= 0.3 is 6.03 Å². The van der Waals surface area contributed by atoms with E-state index in [1.54, 1.807) is 0 Å². The summed E-state index contributed by atoms with van der Waals surface area (Å²) in [4.78, 5) is 21.1. The molecule has 0 spiro atoms. The molecule has 17 heavy (non-hydrogen) atoms. The number of halogens is 1. The molecule has 0 aromatic heterocycles. The molecule has 1 aliphatic rings. The molecule has 0 bridgehead atoms. The third-order valence-corrected chi connectivity index (χ3v) is 2.26. The third kappa shape index (κ3) is 3.13. The molecular weight excluding hydrogens is 229 g/mol. The van der Waals surface area contributed by atoms with Gasteiger partial charge in [0.25, 0.3) is 5.69 Å². The topological polar surface area (TPSA) is 84.3 Å². The molecule has 1 aromatic carbocycles. The lowest BCUT2D eigenvalue weighted by atomic mass is 10.2. The first-order chi connectivity index (χ1) is 8.04. The summed E-state index contributed by atoms with van der Waals surface area (Å²) >= 11 is 0. The number of hydrogen-bond donors (Lipinski definition) is 2. The summed E-state index contributed by atoms with van der Waals surface area (Å²) in [5.74, 6) is -0.763. The van der Waals surface area contributed by atoms with E-state index in [2.05, 4.69) is 10.6 Å². The Balaban J connectivity index is 2.08. The summed E-state index contributed by atoms with van der Waals surface area (Å²) in [7, 11) is 0. The minimum atomic E-state index is -0.763. The van der Waals surface area contributed by atoms with Crippen LogP contribution in [0.3, 0.4) is 0 Å². The number of urea groups is 1. The SMILES string of the molecule is O=C(Nc1cc(F)cc([N+](=O)[O-])c1)NC1CC1. The zero-order chi connectivity index (χ0) is 12.4. The van der Waals surface area contributed by atoms with Crippen molar-refractivity contribution in [2.75, 3.05) is 5.32 Å². The molecule has 1 aliphatic carbocycles. The zero-order valence-corrected chi connectivity index (χ0v) is 8.77. The summed E-state index contributed by atoms with van der Waals surface area (Å²) in [6, 6.07) is 2.62. The maximum Gasteiger partial charge on any atom is 0.319 e. The number of amides is 2. The van der Waals surface area contributed by atoms with Crippen LogP contribution in [0, 0.1) is 15.9 Å². The van der Waals surface area contributed by atoms with Gasteiger partial charge in [-0.15, -0.1) is 0 Å². The minimum absolute atomic E-state index is 0.0647. The van der Waals surface area contributed by atoms with Crippen LogP contribution < -0.4 is 10.6 Å². The van der Waals surface area contributed by atoms with Crippen LogP contribution in [0.1, 0.15) is 12.8 Å². The Morgan fingerprint density at radius 3 is 2.71 bits per heavy atom. The number of benzene rings is 1. The second-order valence-corrected chi connectivity index (χ2v) is 3.83. The Hall–Kier alpha value is -2.18. The van der Waals surface area contributed by atoms with E-state index in [0.717, 1.165) is 31.0 Å². The molecule has 0 unspecified atom stereocenters. The Kier molecular flexibility index (Phi) is 2.90. The molecule has 7 heteroatoms. The van der Waals surface area contributed by atoms with Crippen LogP contribution in [0.25, 0.3) is 0 Å². The number of non-ortho nitro benzene ring substituents is 1. The molecule has 1 aromatic rings. The summed E-state index contributed by atoms with van der Waals surface area (Å²) in [5.41, 5.74) is -0.332. The number of nitrogens with zero attached hydrogens (tertiary/aromatic N) is 1. The van der Waals surface area contributed by atoms with E-state index in [1.165, 1.54) is 0 Å². The van der Waals surface area contributed by atoms with Crippen molar-refractivity contribution in [3.8, 4) is 0 Å². The Labute approximate surface area is 96.0 Å². The number of nitrogens with one attached hydrogen (secondary N) is 2. The lowest BCUT2D eigenvalue weighted by Crippen LogP contribution is -2.30. The summed E-state index contributed by atoms with van der Waals surface area (Å²) in [6.45, 7) is 0. The van der Waals surface area contributed by atoms with Gasteiger partial charge in [-0.25, -0.2) is 9.18 Å². The molecule has 1 saturated carbocycles. The fraction of sp³-hybridized carbons (Fsp3) is 0.300. The lowest BCUT2D eigenvalue weighted by molar-refractivity contribution is -0.385. The zero-order valence-electron chi connectivity index (χ0n) is 8.77. The number of nitro benzene ring substituents is 1. The molecule has 0 heterocycles. The number of nitro groups is 1. The third-order valence-electron chi connectivity index (χ3n) is 2.26. The van der Waals surface area contributed by atoms with Crippen LogP contribution in [-0.2, 0) is 0 Å². The van der Waals surface area contributed by atoms with Crippen molar-refractivity contribution in [2.24, 2.45) is 0 Å². The van der Waals surface area contributed by atoms with Crippen molar-refractivity contribution in [2.45, 2.75) is 18.9 Å². The van der Waals surface area contributed by atoms with E-state index >= 15 is 0 Å². The first-order valence-electron chi connectivity index (χ1n) is 5.07. The highest BCUT2D eigenvalue weighted by atomic mass is 19.1. The van der Waals surface area contributed by atoms with Gasteiger partial charge in [0, 0.05) is 12.1 Å². The molecular formula is C10H10FN3O3. The standard InChI is InChI=1S/C10H10FN3O3/c11-6-3-8(5-9(4-6)14(16)17)13-10(15)12-7-1-2-7/h3-5,7H,1-2H2,(H2,12,13,15). The van der Waals surface area contributed by atoms with E-state index in [4.69, 9.17) is 0 Å². The van der Waals surface area contributed by atoms with Gasteiger partial charge < -0.3 is 10.6 Å². The fourth-order valence-electron chi connectivity index (χ4n) is 1.33. The summed E-state index contributed by atoms with van der Waals surface area (Å²) in [6.07, 6.45) is 1.85. The monoisotopic (exact) mass is 239 g/mol. The van der Waals surface area contributed by atoms with Gasteiger partial charge in [0.05, 0.1) is 16.7 Å². The highest BCUT2D eigenvalue weighted by Crippen LogP contribution is 2.21. The average Bonchev–Trinajstić information content (AvgIpc) is 3.00. The number of carbonyl (C=O) groups excluding carboxylic acids is 1. The van der Waals surface area contributed by atoms with Gasteiger partial charge in [0.15, 0.2) is 0 Å². The molecule has 0 aliphatic heterocycles. The quantitative estimate of drug-likeness (QED) is 0.625. The van der Waals surface area contributed by atoms with Crippen LogP contribution in [-0.4, -0.2) is 17.0 Å². The maximum absolute atomic E-state index is 13.0. The lowest BCUT2D eigenvalue weighted by Gasteiger charge is -2.06. The van der Waals surface area contributed by atoms with E-state index in [1.807, 2.05) is 0 Å². The number of anilines is 1. The van der Waals surface area contributed by atoms with Gasteiger partial charge in [-0.1, -0.05) is 0 Å². The Morgan fingerprint density at radius 1 is 1.41 bits per heavy atom. The van der Waals surface area contributed by atoms with Gasteiger partial charge in [-0.2, -0.15) is 0 Å². The highest BCUT2D eigenvalue weighted by Gasteiger charge is 2.23. The van der Waals surface area contributed by atoms with Crippen molar-refractivity contribution < 1.29 is 14.1 Å². The molecule has 0 saturated heterocycles. The van der Waals surface area contributed by atoms with Gasteiger partial charge in [-0.05, 0) is 18.9 Å². The molecule has 1 fully saturated rings. The van der Waals surface area contributed by atoms with E-state index in [-0.39, 0.29) is 11.7 Å². The van der Waals surface area contributed by atoms with Gasteiger partial charge in [-0.3, -0.25) is 10.1 Å². The molecule has 6 nitrogen and oxygen atoms in total. The maximum atomic E-state index is 13.0. The molecule has 2 N–H and O–H groups in total. The average molecular weight is 239 g/mol. The summed E-state index contributed by atoms with van der Waals surface area (Å²) in [5, 5.41) is 15.5. The van der Waals surface area contributed by atoms with E-state index in [9.17, 15) is 19.3 Å². The normalized spacial score (nSPS) is 14.2.